The van der Waals surface area contributed by atoms with Crippen molar-refractivity contribution in [2.24, 2.45) is 0 Å². The number of carbonyl (C=O) groups is 3. The summed E-state index contributed by atoms with van der Waals surface area (Å²) in [4.78, 5) is 36.2. The summed E-state index contributed by atoms with van der Waals surface area (Å²) in [7, 11) is 0. The van der Waals surface area contributed by atoms with Gasteiger partial charge in [0.15, 0.2) is 0 Å². The number of nitrogens with zero attached hydrogens (tertiary/aromatic N) is 1. The van der Waals surface area contributed by atoms with Crippen LogP contribution in [0.2, 0.25) is 0 Å². The van der Waals surface area contributed by atoms with Gasteiger partial charge < -0.3 is 10.4 Å². The average Bonchev–Trinajstić information content (AvgIpc) is 2.85. The Labute approximate surface area is 142 Å². The molecular weight excluding hydrogens is 327 g/mol. The molecule has 0 spiro atoms. The largest absolute Gasteiger partial charge is 0.478 e. The molecule has 1 aliphatic heterocycles. The van der Waals surface area contributed by atoms with E-state index in [1.807, 2.05) is 0 Å². The Balaban J connectivity index is 1.78. The quantitative estimate of drug-likeness (QED) is 0.662. The minimum Gasteiger partial charge on any atom is -0.478 e. The lowest BCUT2D eigenvalue weighted by Gasteiger charge is -2.11. The zero-order valence-electron chi connectivity index (χ0n) is 12.9. The smallest absolute Gasteiger partial charge is 0.335 e. The highest BCUT2D eigenvalue weighted by molar-refractivity contribution is 6.13. The van der Waals surface area contributed by atoms with Crippen molar-refractivity contribution in [2.75, 3.05) is 0 Å². The predicted octanol–water partition coefficient (Wildman–Crippen LogP) is 2.62. The lowest BCUT2D eigenvalue weighted by molar-refractivity contribution is -0.123. The van der Waals surface area contributed by atoms with E-state index in [1.54, 1.807) is 12.1 Å². The van der Waals surface area contributed by atoms with Crippen molar-refractivity contribution < 1.29 is 23.9 Å². The van der Waals surface area contributed by atoms with Gasteiger partial charge >= 0.3 is 12.0 Å². The predicted molar refractivity (Wildman–Crippen MR) is 86.9 cm³/mol. The molecule has 6 nitrogen and oxygen atoms in total. The molecule has 0 unspecified atom stereocenters. The number of hydrogen-bond acceptors (Lipinski definition) is 3. The maximum Gasteiger partial charge on any atom is 0.335 e. The first-order chi connectivity index (χ1) is 11.9. The summed E-state index contributed by atoms with van der Waals surface area (Å²) >= 11 is 0. The number of urea groups is 1. The fourth-order valence-electron chi connectivity index (χ4n) is 2.38. The van der Waals surface area contributed by atoms with E-state index in [9.17, 15) is 18.8 Å². The maximum absolute atomic E-state index is 12.9. The minimum absolute atomic E-state index is 0.0280. The van der Waals surface area contributed by atoms with Gasteiger partial charge in [0.05, 0.1) is 12.1 Å². The summed E-state index contributed by atoms with van der Waals surface area (Å²) in [6.07, 6.45) is 1.47. The minimum atomic E-state index is -1.05. The van der Waals surface area contributed by atoms with Gasteiger partial charge in [0.25, 0.3) is 5.91 Å². The maximum atomic E-state index is 12.9. The van der Waals surface area contributed by atoms with Gasteiger partial charge in [0, 0.05) is 0 Å². The molecule has 0 atom stereocenters. The van der Waals surface area contributed by atoms with Crippen LogP contribution in [0.5, 0.6) is 0 Å². The highest BCUT2D eigenvalue weighted by Crippen LogP contribution is 2.17. The van der Waals surface area contributed by atoms with Crippen LogP contribution in [-0.2, 0) is 11.3 Å². The van der Waals surface area contributed by atoms with Crippen LogP contribution < -0.4 is 5.32 Å². The summed E-state index contributed by atoms with van der Waals surface area (Å²) < 4.78 is 12.9. The molecule has 126 valence electrons. The zero-order valence-corrected chi connectivity index (χ0v) is 12.9. The molecule has 0 aliphatic carbocycles. The molecule has 2 aromatic carbocycles. The van der Waals surface area contributed by atoms with Crippen LogP contribution in [0.25, 0.3) is 6.08 Å². The number of nitrogens with one attached hydrogen (secondary N) is 1. The Hall–Kier alpha value is -3.48. The van der Waals surface area contributed by atoms with E-state index in [0.29, 0.717) is 11.1 Å². The molecular formula is C18H13FN2O4. The normalized spacial score (nSPS) is 15.6. The molecule has 3 rings (SSSR count). The molecule has 1 aliphatic rings. The van der Waals surface area contributed by atoms with E-state index < -0.39 is 23.7 Å². The lowest BCUT2D eigenvalue weighted by atomic mass is 10.1. The number of carbonyl (C=O) groups excluding carboxylic acids is 2. The Morgan fingerprint density at radius 3 is 2.32 bits per heavy atom. The molecule has 3 amide bonds. The molecule has 0 saturated carbocycles. The number of carboxylic acids is 1. The third kappa shape index (κ3) is 3.55. The van der Waals surface area contributed by atoms with E-state index in [1.165, 1.54) is 42.5 Å². The topological polar surface area (TPSA) is 86.7 Å². The van der Waals surface area contributed by atoms with Crippen LogP contribution in [0.1, 0.15) is 21.5 Å². The molecule has 0 bridgehead atoms. The Morgan fingerprint density at radius 2 is 1.72 bits per heavy atom. The highest BCUT2D eigenvalue weighted by Gasteiger charge is 2.33. The van der Waals surface area contributed by atoms with Gasteiger partial charge in [-0.15, -0.1) is 0 Å². The summed E-state index contributed by atoms with van der Waals surface area (Å²) in [5.41, 5.74) is 1.42. The molecule has 7 heteroatoms. The van der Waals surface area contributed by atoms with E-state index in [2.05, 4.69) is 5.32 Å². The van der Waals surface area contributed by atoms with Gasteiger partial charge in [-0.2, -0.15) is 0 Å². The molecule has 0 radical (unpaired) electrons. The lowest BCUT2D eigenvalue weighted by Crippen LogP contribution is -2.30. The Kier molecular flexibility index (Phi) is 4.30. The first-order valence-corrected chi connectivity index (χ1v) is 7.36. The van der Waals surface area contributed by atoms with Crippen molar-refractivity contribution >= 4 is 24.0 Å². The van der Waals surface area contributed by atoms with E-state index in [0.717, 1.165) is 4.90 Å². The van der Waals surface area contributed by atoms with Crippen LogP contribution in [-0.4, -0.2) is 27.9 Å². The number of imide groups is 1. The van der Waals surface area contributed by atoms with E-state index in [4.69, 9.17) is 5.11 Å². The van der Waals surface area contributed by atoms with Gasteiger partial charge in [-0.1, -0.05) is 24.3 Å². The SMILES string of the molecule is O=C(O)c1ccc(C=C2NC(=O)N(Cc3ccc(F)cc3)C2=O)cc1. The molecule has 0 aromatic heterocycles. The third-order valence-corrected chi connectivity index (χ3v) is 3.68. The summed E-state index contributed by atoms with van der Waals surface area (Å²) in [5, 5.41) is 11.4. The number of amides is 3. The number of halogens is 1. The number of carboxylic acid groups (broad SMARTS) is 1. The summed E-state index contributed by atoms with van der Waals surface area (Å²) in [6.45, 7) is 0.0280. The number of rotatable bonds is 4. The molecule has 1 saturated heterocycles. The van der Waals surface area contributed by atoms with E-state index >= 15 is 0 Å². The number of aromatic carboxylic acids is 1. The monoisotopic (exact) mass is 340 g/mol. The fourth-order valence-corrected chi connectivity index (χ4v) is 2.38. The molecule has 2 N–H and O–H groups in total. The van der Waals surface area contributed by atoms with Crippen LogP contribution in [0.4, 0.5) is 9.18 Å². The molecule has 1 heterocycles. The van der Waals surface area contributed by atoms with Crippen LogP contribution >= 0.6 is 0 Å². The Bertz CT molecular complexity index is 873. The average molecular weight is 340 g/mol. The Morgan fingerprint density at radius 1 is 1.08 bits per heavy atom. The van der Waals surface area contributed by atoms with Crippen molar-refractivity contribution in [2.45, 2.75) is 6.54 Å². The van der Waals surface area contributed by atoms with E-state index in [-0.39, 0.29) is 17.8 Å². The number of benzene rings is 2. The fraction of sp³-hybridized carbons (Fsp3) is 0.0556. The number of hydrogen-bond donors (Lipinski definition) is 2. The van der Waals surface area contributed by atoms with Crippen LogP contribution in [0.15, 0.2) is 54.2 Å². The second-order valence-electron chi connectivity index (χ2n) is 5.43. The van der Waals surface area contributed by atoms with Crippen molar-refractivity contribution in [3.63, 3.8) is 0 Å². The molecule has 25 heavy (non-hydrogen) atoms. The van der Waals surface area contributed by atoms with Crippen LogP contribution in [0, 0.1) is 5.82 Å². The van der Waals surface area contributed by atoms with Crippen molar-refractivity contribution in [1.29, 1.82) is 0 Å². The summed E-state index contributed by atoms with van der Waals surface area (Å²) in [6, 6.07) is 10.9. The molecule has 2 aromatic rings. The van der Waals surface area contributed by atoms with Gasteiger partial charge in [0.2, 0.25) is 0 Å². The van der Waals surface area contributed by atoms with Crippen molar-refractivity contribution in [1.82, 2.24) is 10.2 Å². The second kappa shape index (κ2) is 6.56. The van der Waals surface area contributed by atoms with Crippen molar-refractivity contribution in [3.8, 4) is 0 Å². The standard InChI is InChI=1S/C18H13FN2O4/c19-14-7-3-12(4-8-14)10-21-16(22)15(20-18(21)25)9-11-1-5-13(6-2-11)17(23)24/h1-9H,10H2,(H,20,25)(H,23,24). The molecule has 1 fully saturated rings. The zero-order chi connectivity index (χ0) is 18.0. The van der Waals surface area contributed by atoms with Gasteiger partial charge in [-0.3, -0.25) is 9.69 Å². The summed E-state index contributed by atoms with van der Waals surface area (Å²) in [5.74, 6) is -1.95. The van der Waals surface area contributed by atoms with Gasteiger partial charge in [0.1, 0.15) is 11.5 Å². The van der Waals surface area contributed by atoms with Crippen LogP contribution in [0.3, 0.4) is 0 Å². The highest BCUT2D eigenvalue weighted by atomic mass is 19.1. The second-order valence-corrected chi connectivity index (χ2v) is 5.43. The first kappa shape index (κ1) is 16.4. The van der Waals surface area contributed by atoms with Gasteiger partial charge in [-0.05, 0) is 41.5 Å². The van der Waals surface area contributed by atoms with Gasteiger partial charge in [-0.25, -0.2) is 14.0 Å². The van der Waals surface area contributed by atoms with Crippen molar-refractivity contribution in [3.05, 3.63) is 76.7 Å². The third-order valence-electron chi connectivity index (χ3n) is 3.68. The first-order valence-electron chi connectivity index (χ1n) is 7.36.